The molecule has 0 saturated heterocycles. The van der Waals surface area contributed by atoms with Crippen LogP contribution in [-0.4, -0.2) is 11.1 Å². The molecule has 1 aromatic carbocycles. The Hall–Kier alpha value is -1.31. The van der Waals surface area contributed by atoms with Crippen molar-refractivity contribution in [2.45, 2.75) is 39.0 Å². The van der Waals surface area contributed by atoms with E-state index in [0.717, 1.165) is 24.3 Å². The maximum atomic E-state index is 10.9. The van der Waals surface area contributed by atoms with Crippen LogP contribution in [0.1, 0.15) is 42.9 Å². The van der Waals surface area contributed by atoms with E-state index in [1.807, 2.05) is 6.07 Å². The lowest BCUT2D eigenvalue weighted by molar-refractivity contribution is -0.138. The van der Waals surface area contributed by atoms with Crippen molar-refractivity contribution in [3.05, 3.63) is 34.9 Å². The van der Waals surface area contributed by atoms with Crippen molar-refractivity contribution in [1.29, 1.82) is 0 Å². The average molecular weight is 218 g/mol. The maximum absolute atomic E-state index is 10.9. The molecule has 86 valence electrons. The van der Waals surface area contributed by atoms with Crippen LogP contribution in [-0.2, 0) is 17.6 Å². The molecule has 0 unspecified atom stereocenters. The number of rotatable bonds is 3. The summed E-state index contributed by atoms with van der Waals surface area (Å²) in [6.45, 7) is 3.97. The zero-order valence-electron chi connectivity index (χ0n) is 9.86. The van der Waals surface area contributed by atoms with Crippen LogP contribution in [0.2, 0.25) is 0 Å². The van der Waals surface area contributed by atoms with Crippen LogP contribution >= 0.6 is 0 Å². The van der Waals surface area contributed by atoms with Crippen LogP contribution in [0.15, 0.2) is 18.2 Å². The maximum Gasteiger partial charge on any atom is 0.310 e. The number of fused-ring (bicyclic) bond motifs is 1. The van der Waals surface area contributed by atoms with Gasteiger partial charge in [0.05, 0.1) is 5.92 Å². The van der Waals surface area contributed by atoms with Crippen LogP contribution < -0.4 is 0 Å². The molecule has 0 amide bonds. The van der Waals surface area contributed by atoms with E-state index >= 15 is 0 Å². The van der Waals surface area contributed by atoms with E-state index < -0.39 is 11.9 Å². The molecule has 1 aliphatic rings. The predicted molar refractivity (Wildman–Crippen MR) is 63.7 cm³/mol. The van der Waals surface area contributed by atoms with Gasteiger partial charge in [0.1, 0.15) is 0 Å². The molecular formula is C14H18O2. The van der Waals surface area contributed by atoms with Crippen molar-refractivity contribution >= 4 is 5.97 Å². The fraction of sp³-hybridized carbons (Fsp3) is 0.500. The van der Waals surface area contributed by atoms with Gasteiger partial charge in [0.25, 0.3) is 0 Å². The summed E-state index contributed by atoms with van der Waals surface area (Å²) in [5, 5.41) is 8.98. The highest BCUT2D eigenvalue weighted by Gasteiger charge is 2.22. The highest BCUT2D eigenvalue weighted by atomic mass is 16.4. The third-order valence-corrected chi connectivity index (χ3v) is 3.70. The van der Waals surface area contributed by atoms with Crippen molar-refractivity contribution in [2.24, 2.45) is 5.92 Å². The minimum Gasteiger partial charge on any atom is -0.481 e. The summed E-state index contributed by atoms with van der Waals surface area (Å²) in [4.78, 5) is 10.9. The normalized spacial score (nSPS) is 20.5. The topological polar surface area (TPSA) is 37.3 Å². The molecular weight excluding hydrogens is 200 g/mol. The van der Waals surface area contributed by atoms with Crippen molar-refractivity contribution in [1.82, 2.24) is 0 Å². The Kier molecular flexibility index (Phi) is 2.99. The molecule has 2 atom stereocenters. The number of hydrogen-bond acceptors (Lipinski definition) is 1. The largest absolute Gasteiger partial charge is 0.481 e. The molecule has 1 aliphatic carbocycles. The number of hydrogen-bond donors (Lipinski definition) is 1. The first-order chi connectivity index (χ1) is 7.61. The van der Waals surface area contributed by atoms with Gasteiger partial charge in [-0.2, -0.15) is 0 Å². The van der Waals surface area contributed by atoms with Gasteiger partial charge in [-0.1, -0.05) is 31.5 Å². The second kappa shape index (κ2) is 4.28. The summed E-state index contributed by atoms with van der Waals surface area (Å²) in [5.74, 6) is -0.388. The van der Waals surface area contributed by atoms with Gasteiger partial charge in [-0.05, 0) is 42.4 Å². The molecule has 1 N–H and O–H groups in total. The Labute approximate surface area is 96.3 Å². The Bertz CT molecular complexity index is 409. The minimum absolute atomic E-state index is 0.397. The van der Waals surface area contributed by atoms with Gasteiger partial charge in [-0.25, -0.2) is 0 Å². The van der Waals surface area contributed by atoms with Gasteiger partial charge in [0.15, 0.2) is 0 Å². The molecule has 0 heterocycles. The SMILES string of the molecule is CC[C@H]1Cc2ccc([C@@H](C)C(=O)O)cc2C1. The average Bonchev–Trinajstić information content (AvgIpc) is 2.69. The van der Waals surface area contributed by atoms with Gasteiger partial charge in [-0.3, -0.25) is 4.79 Å². The molecule has 2 nitrogen and oxygen atoms in total. The molecule has 2 heteroatoms. The van der Waals surface area contributed by atoms with Crippen molar-refractivity contribution in [3.63, 3.8) is 0 Å². The molecule has 2 rings (SSSR count). The van der Waals surface area contributed by atoms with Gasteiger partial charge < -0.3 is 5.11 Å². The summed E-state index contributed by atoms with van der Waals surface area (Å²) < 4.78 is 0. The van der Waals surface area contributed by atoms with E-state index in [4.69, 9.17) is 5.11 Å². The first kappa shape index (κ1) is 11.2. The number of carbonyl (C=O) groups is 1. The first-order valence-electron chi connectivity index (χ1n) is 5.96. The number of benzene rings is 1. The van der Waals surface area contributed by atoms with Crippen LogP contribution in [0.4, 0.5) is 0 Å². The lowest BCUT2D eigenvalue weighted by Crippen LogP contribution is -2.07. The Morgan fingerprint density at radius 3 is 2.75 bits per heavy atom. The third kappa shape index (κ3) is 1.97. The molecule has 0 aromatic heterocycles. The van der Waals surface area contributed by atoms with Crippen molar-refractivity contribution in [3.8, 4) is 0 Å². The monoisotopic (exact) mass is 218 g/mol. The highest BCUT2D eigenvalue weighted by Crippen LogP contribution is 2.31. The molecule has 0 aliphatic heterocycles. The predicted octanol–water partition coefficient (Wildman–Crippen LogP) is 3.00. The van der Waals surface area contributed by atoms with Crippen molar-refractivity contribution in [2.75, 3.05) is 0 Å². The van der Waals surface area contributed by atoms with Gasteiger partial charge in [-0.15, -0.1) is 0 Å². The second-order valence-electron chi connectivity index (χ2n) is 4.77. The lowest BCUT2D eigenvalue weighted by Gasteiger charge is -2.08. The van der Waals surface area contributed by atoms with E-state index in [1.54, 1.807) is 6.92 Å². The van der Waals surface area contributed by atoms with Gasteiger partial charge in [0, 0.05) is 0 Å². The number of carboxylic acids is 1. The number of carboxylic acid groups (broad SMARTS) is 1. The minimum atomic E-state index is -0.745. The molecule has 16 heavy (non-hydrogen) atoms. The van der Waals surface area contributed by atoms with E-state index in [0.29, 0.717) is 0 Å². The van der Waals surface area contributed by atoms with E-state index in [1.165, 1.54) is 17.5 Å². The van der Waals surface area contributed by atoms with E-state index in [-0.39, 0.29) is 0 Å². The van der Waals surface area contributed by atoms with E-state index in [9.17, 15) is 4.79 Å². The zero-order chi connectivity index (χ0) is 11.7. The van der Waals surface area contributed by atoms with Gasteiger partial charge >= 0.3 is 5.97 Å². The summed E-state index contributed by atoms with van der Waals surface area (Å²) in [5.41, 5.74) is 3.70. The lowest BCUT2D eigenvalue weighted by atomic mass is 9.97. The highest BCUT2D eigenvalue weighted by molar-refractivity contribution is 5.75. The molecule has 0 radical (unpaired) electrons. The van der Waals surface area contributed by atoms with Gasteiger partial charge in [0.2, 0.25) is 0 Å². The van der Waals surface area contributed by atoms with Crippen molar-refractivity contribution < 1.29 is 9.90 Å². The fourth-order valence-electron chi connectivity index (χ4n) is 2.43. The molecule has 1 aromatic rings. The first-order valence-corrected chi connectivity index (χ1v) is 5.96. The summed E-state index contributed by atoms with van der Waals surface area (Å²) in [6, 6.07) is 6.17. The summed E-state index contributed by atoms with van der Waals surface area (Å²) in [7, 11) is 0. The number of aliphatic carboxylic acids is 1. The third-order valence-electron chi connectivity index (χ3n) is 3.70. The molecule has 0 saturated carbocycles. The fourth-order valence-corrected chi connectivity index (χ4v) is 2.43. The zero-order valence-corrected chi connectivity index (χ0v) is 9.86. The van der Waals surface area contributed by atoms with Crippen LogP contribution in [0.5, 0.6) is 0 Å². The quantitative estimate of drug-likeness (QED) is 0.846. The molecule has 0 bridgehead atoms. The molecule has 0 fully saturated rings. The van der Waals surface area contributed by atoms with Crippen LogP contribution in [0, 0.1) is 5.92 Å². The second-order valence-corrected chi connectivity index (χ2v) is 4.77. The smallest absolute Gasteiger partial charge is 0.310 e. The molecule has 0 spiro atoms. The van der Waals surface area contributed by atoms with E-state index in [2.05, 4.69) is 19.1 Å². The Morgan fingerprint density at radius 2 is 2.12 bits per heavy atom. The van der Waals surface area contributed by atoms with Crippen LogP contribution in [0.3, 0.4) is 0 Å². The summed E-state index contributed by atoms with van der Waals surface area (Å²) in [6.07, 6.45) is 3.48. The van der Waals surface area contributed by atoms with Crippen LogP contribution in [0.25, 0.3) is 0 Å². The Morgan fingerprint density at radius 1 is 1.44 bits per heavy atom. The standard InChI is InChI=1S/C14H18O2/c1-3-10-6-12-5-4-11(8-13(12)7-10)9(2)14(15)16/h4-5,8-10H,3,6-7H2,1-2H3,(H,15,16)/t9-,10+/m1/s1. The Balaban J connectivity index is 2.25. The summed E-state index contributed by atoms with van der Waals surface area (Å²) >= 11 is 0.